The van der Waals surface area contributed by atoms with Crippen LogP contribution >= 0.6 is 23.2 Å². The van der Waals surface area contributed by atoms with Crippen LogP contribution in [0.5, 0.6) is 0 Å². The molecule has 0 radical (unpaired) electrons. The van der Waals surface area contributed by atoms with Crippen molar-refractivity contribution in [1.82, 2.24) is 4.98 Å². The summed E-state index contributed by atoms with van der Waals surface area (Å²) in [5, 5.41) is 10.3. The van der Waals surface area contributed by atoms with E-state index >= 15 is 0 Å². The van der Waals surface area contributed by atoms with Crippen molar-refractivity contribution < 1.29 is 9.90 Å². The molecule has 0 fully saturated rings. The molecule has 0 saturated heterocycles. The Hall–Kier alpha value is -1.32. The maximum Gasteiger partial charge on any atom is 0.354 e. The quantitative estimate of drug-likeness (QED) is 0.834. The van der Waals surface area contributed by atoms with Crippen molar-refractivity contribution in [2.45, 2.75) is 0 Å². The fraction of sp³-hybridized carbons (Fsp3) is 0. The smallest absolute Gasteiger partial charge is 0.354 e. The van der Waals surface area contributed by atoms with Gasteiger partial charge in [-0.25, -0.2) is 9.78 Å². The predicted octanol–water partition coefficient (Wildman–Crippen LogP) is 3.24. The van der Waals surface area contributed by atoms with Crippen LogP contribution in [0.25, 0.3) is 10.9 Å². The Bertz CT molecular complexity index is 554. The second-order valence-electron chi connectivity index (χ2n) is 2.96. The van der Waals surface area contributed by atoms with Gasteiger partial charge in [-0.2, -0.15) is 0 Å². The Labute approximate surface area is 95.3 Å². The van der Waals surface area contributed by atoms with Gasteiger partial charge in [0.15, 0.2) is 0 Å². The van der Waals surface area contributed by atoms with E-state index in [4.69, 9.17) is 28.3 Å². The third-order valence-corrected chi connectivity index (χ3v) is 2.49. The van der Waals surface area contributed by atoms with Crippen LogP contribution in [-0.4, -0.2) is 16.1 Å². The Morgan fingerprint density at radius 3 is 2.67 bits per heavy atom. The monoisotopic (exact) mass is 241 g/mol. The van der Waals surface area contributed by atoms with Gasteiger partial charge in [0.05, 0.1) is 10.5 Å². The normalized spacial score (nSPS) is 10.5. The third kappa shape index (κ3) is 1.89. The summed E-state index contributed by atoms with van der Waals surface area (Å²) in [6.07, 6.45) is 0. The number of carboxylic acids is 1. The topological polar surface area (TPSA) is 50.2 Å². The standard InChI is InChI=1S/C10H5Cl2NO2/c11-5-1-2-6-7(12)4-9(10(14)15)13-8(6)3-5/h1-4H,(H,14,15). The number of benzene rings is 1. The first kappa shape index (κ1) is 10.2. The number of nitrogens with zero attached hydrogens (tertiary/aromatic N) is 1. The minimum Gasteiger partial charge on any atom is -0.477 e. The number of hydrogen-bond donors (Lipinski definition) is 1. The second-order valence-corrected chi connectivity index (χ2v) is 3.80. The Morgan fingerprint density at radius 1 is 1.27 bits per heavy atom. The molecule has 15 heavy (non-hydrogen) atoms. The molecule has 0 saturated carbocycles. The molecule has 0 atom stereocenters. The number of hydrogen-bond acceptors (Lipinski definition) is 2. The third-order valence-electron chi connectivity index (χ3n) is 1.94. The molecule has 0 aliphatic carbocycles. The van der Waals surface area contributed by atoms with Gasteiger partial charge in [0.1, 0.15) is 5.69 Å². The number of fused-ring (bicyclic) bond motifs is 1. The van der Waals surface area contributed by atoms with E-state index in [0.717, 1.165) is 0 Å². The molecular formula is C10H5Cl2NO2. The lowest BCUT2D eigenvalue weighted by molar-refractivity contribution is 0.0691. The highest BCUT2D eigenvalue weighted by Gasteiger charge is 2.09. The second kappa shape index (κ2) is 3.68. The van der Waals surface area contributed by atoms with Gasteiger partial charge in [0.2, 0.25) is 0 Å². The van der Waals surface area contributed by atoms with Gasteiger partial charge >= 0.3 is 5.97 Å². The predicted molar refractivity (Wildman–Crippen MR) is 58.7 cm³/mol. The Kier molecular flexibility index (Phi) is 2.50. The number of halogens is 2. The summed E-state index contributed by atoms with van der Waals surface area (Å²) >= 11 is 11.7. The van der Waals surface area contributed by atoms with E-state index in [-0.39, 0.29) is 5.69 Å². The summed E-state index contributed by atoms with van der Waals surface area (Å²) < 4.78 is 0. The summed E-state index contributed by atoms with van der Waals surface area (Å²) in [7, 11) is 0. The average molecular weight is 242 g/mol. The first-order valence-corrected chi connectivity index (χ1v) is 4.82. The fourth-order valence-electron chi connectivity index (χ4n) is 1.27. The number of aromatic carboxylic acids is 1. The van der Waals surface area contributed by atoms with E-state index in [9.17, 15) is 4.79 Å². The zero-order valence-electron chi connectivity index (χ0n) is 7.37. The highest BCUT2D eigenvalue weighted by atomic mass is 35.5. The Morgan fingerprint density at radius 2 is 2.00 bits per heavy atom. The fourth-order valence-corrected chi connectivity index (χ4v) is 1.70. The molecule has 0 bridgehead atoms. The largest absolute Gasteiger partial charge is 0.477 e. The average Bonchev–Trinajstić information content (AvgIpc) is 2.16. The van der Waals surface area contributed by atoms with Crippen molar-refractivity contribution in [2.75, 3.05) is 0 Å². The highest BCUT2D eigenvalue weighted by molar-refractivity contribution is 6.36. The maximum atomic E-state index is 10.7. The SMILES string of the molecule is O=C(O)c1cc(Cl)c2ccc(Cl)cc2n1. The van der Waals surface area contributed by atoms with E-state index in [2.05, 4.69) is 4.98 Å². The van der Waals surface area contributed by atoms with Crippen molar-refractivity contribution in [2.24, 2.45) is 0 Å². The molecule has 3 nitrogen and oxygen atoms in total. The van der Waals surface area contributed by atoms with Crippen LogP contribution in [0.15, 0.2) is 24.3 Å². The Balaban J connectivity index is 2.79. The maximum absolute atomic E-state index is 10.7. The molecular weight excluding hydrogens is 237 g/mol. The molecule has 76 valence electrons. The van der Waals surface area contributed by atoms with Crippen LogP contribution in [0.3, 0.4) is 0 Å². The lowest BCUT2D eigenvalue weighted by Gasteiger charge is -2.02. The van der Waals surface area contributed by atoms with Crippen molar-refractivity contribution in [3.63, 3.8) is 0 Å². The molecule has 2 aromatic rings. The highest BCUT2D eigenvalue weighted by Crippen LogP contribution is 2.25. The number of pyridine rings is 1. The van der Waals surface area contributed by atoms with E-state index in [1.54, 1.807) is 18.2 Å². The van der Waals surface area contributed by atoms with Gasteiger partial charge in [-0.05, 0) is 24.3 Å². The molecule has 2 rings (SSSR count). The van der Waals surface area contributed by atoms with E-state index in [1.807, 2.05) is 0 Å². The van der Waals surface area contributed by atoms with Crippen LogP contribution in [-0.2, 0) is 0 Å². The van der Waals surface area contributed by atoms with Gasteiger partial charge in [0.25, 0.3) is 0 Å². The molecule has 0 spiro atoms. The lowest BCUT2D eigenvalue weighted by Crippen LogP contribution is -2.00. The minimum absolute atomic E-state index is 0.0882. The van der Waals surface area contributed by atoms with E-state index in [1.165, 1.54) is 6.07 Å². The van der Waals surface area contributed by atoms with Crippen LogP contribution < -0.4 is 0 Å². The molecule has 0 unspecified atom stereocenters. The number of rotatable bonds is 1. The van der Waals surface area contributed by atoms with Crippen molar-refractivity contribution in [3.8, 4) is 0 Å². The summed E-state index contributed by atoms with van der Waals surface area (Å²) in [5.41, 5.74) is 0.391. The summed E-state index contributed by atoms with van der Waals surface area (Å²) in [6, 6.07) is 6.28. The molecule has 5 heteroatoms. The van der Waals surface area contributed by atoms with Crippen molar-refractivity contribution in [3.05, 3.63) is 40.0 Å². The molecule has 1 aromatic carbocycles. The number of aromatic nitrogens is 1. The summed E-state index contributed by atoms with van der Waals surface area (Å²) in [5.74, 6) is -1.11. The lowest BCUT2D eigenvalue weighted by atomic mass is 10.2. The van der Waals surface area contributed by atoms with Gasteiger partial charge in [-0.3, -0.25) is 0 Å². The van der Waals surface area contributed by atoms with E-state index < -0.39 is 5.97 Å². The zero-order chi connectivity index (χ0) is 11.0. The molecule has 0 aliphatic rings. The van der Waals surface area contributed by atoms with Crippen LogP contribution in [0.1, 0.15) is 10.5 Å². The first-order valence-electron chi connectivity index (χ1n) is 4.07. The number of carbonyl (C=O) groups is 1. The van der Waals surface area contributed by atoms with Crippen LogP contribution in [0, 0.1) is 0 Å². The van der Waals surface area contributed by atoms with Gasteiger partial charge < -0.3 is 5.11 Å². The molecule has 0 amide bonds. The van der Waals surface area contributed by atoms with Crippen LogP contribution in [0.4, 0.5) is 0 Å². The first-order chi connectivity index (χ1) is 7.08. The number of carboxylic acid groups (broad SMARTS) is 1. The van der Waals surface area contributed by atoms with Gasteiger partial charge in [0, 0.05) is 10.4 Å². The molecule has 1 N–H and O–H groups in total. The van der Waals surface area contributed by atoms with Gasteiger partial charge in [-0.1, -0.05) is 23.2 Å². The zero-order valence-corrected chi connectivity index (χ0v) is 8.88. The molecule has 0 aliphatic heterocycles. The van der Waals surface area contributed by atoms with Crippen molar-refractivity contribution in [1.29, 1.82) is 0 Å². The molecule has 1 aromatic heterocycles. The van der Waals surface area contributed by atoms with Gasteiger partial charge in [-0.15, -0.1) is 0 Å². The minimum atomic E-state index is -1.11. The van der Waals surface area contributed by atoms with Crippen LogP contribution in [0.2, 0.25) is 10.0 Å². The summed E-state index contributed by atoms with van der Waals surface area (Å²) in [6.45, 7) is 0. The summed E-state index contributed by atoms with van der Waals surface area (Å²) in [4.78, 5) is 14.7. The van der Waals surface area contributed by atoms with Crippen molar-refractivity contribution >= 4 is 40.1 Å². The molecule has 1 heterocycles. The van der Waals surface area contributed by atoms with E-state index in [0.29, 0.717) is 20.9 Å².